The first kappa shape index (κ1) is 17.4. The number of sulfonamides is 1. The Labute approximate surface area is 124 Å². The smallest absolute Gasteiger partial charge is 0.241 e. The van der Waals surface area contributed by atoms with Gasteiger partial charge in [0.15, 0.2) is 0 Å². The molecule has 0 aliphatic carbocycles. The highest BCUT2D eigenvalue weighted by Gasteiger charge is 2.17. The highest BCUT2D eigenvalue weighted by molar-refractivity contribution is 7.89. The molecule has 1 aromatic carbocycles. The second-order valence-corrected chi connectivity index (χ2v) is 6.21. The van der Waals surface area contributed by atoms with E-state index in [0.29, 0.717) is 12.2 Å². The highest BCUT2D eigenvalue weighted by atomic mass is 32.2. The fraction of sp³-hybridized carbons (Fsp3) is 0.462. The Kier molecular flexibility index (Phi) is 6.13. The maximum absolute atomic E-state index is 12.0. The van der Waals surface area contributed by atoms with Crippen molar-refractivity contribution < 1.29 is 17.9 Å². The van der Waals surface area contributed by atoms with Gasteiger partial charge in [0, 0.05) is 0 Å². The summed E-state index contributed by atoms with van der Waals surface area (Å²) in [7, 11) is -2.44. The van der Waals surface area contributed by atoms with E-state index in [0.717, 1.165) is 12.8 Å². The molecular weight excluding hydrogens is 294 g/mol. The number of carbonyl (C=O) groups excluding carboxylic acids is 1. The Morgan fingerprint density at radius 2 is 2.10 bits per heavy atom. The molecule has 7 nitrogen and oxygen atoms in total. The molecule has 1 unspecified atom stereocenters. The minimum absolute atomic E-state index is 0.110. The van der Waals surface area contributed by atoms with Crippen LogP contribution >= 0.6 is 0 Å². The van der Waals surface area contributed by atoms with Gasteiger partial charge in [-0.2, -0.15) is 0 Å². The Bertz CT molecular complexity index is 601. The Morgan fingerprint density at radius 1 is 1.43 bits per heavy atom. The monoisotopic (exact) mass is 315 g/mol. The number of hydrogen-bond acceptors (Lipinski definition) is 5. The molecular formula is C13H21N3O4S. The third-order valence-corrected chi connectivity index (χ3v) is 3.87. The summed E-state index contributed by atoms with van der Waals surface area (Å²) in [6.07, 6.45) is 2.33. The number of primary sulfonamides is 1. The molecule has 0 aromatic heterocycles. The van der Waals surface area contributed by atoms with Gasteiger partial charge in [-0.05, 0) is 24.6 Å². The van der Waals surface area contributed by atoms with Crippen molar-refractivity contribution in [1.29, 1.82) is 0 Å². The van der Waals surface area contributed by atoms with Crippen molar-refractivity contribution in [2.24, 2.45) is 10.9 Å². The molecule has 0 bridgehead atoms. The predicted octanol–water partition coefficient (Wildman–Crippen LogP) is 0.799. The average molecular weight is 315 g/mol. The fourth-order valence-electron chi connectivity index (χ4n) is 1.74. The lowest BCUT2D eigenvalue weighted by atomic mass is 10.1. The molecule has 118 valence electrons. The van der Waals surface area contributed by atoms with Crippen molar-refractivity contribution in [1.82, 2.24) is 0 Å². The zero-order valence-corrected chi connectivity index (χ0v) is 12.9. The third kappa shape index (κ3) is 5.00. The third-order valence-electron chi connectivity index (χ3n) is 2.96. The molecule has 0 heterocycles. The number of unbranched alkanes of at least 4 members (excludes halogenated alkanes) is 1. The number of carbonyl (C=O) groups is 1. The molecule has 0 saturated heterocycles. The number of anilines is 1. The number of benzene rings is 1. The van der Waals surface area contributed by atoms with Crippen molar-refractivity contribution in [3.63, 3.8) is 0 Å². The van der Waals surface area contributed by atoms with Gasteiger partial charge in [0.05, 0.1) is 23.7 Å². The molecule has 1 aromatic rings. The molecule has 0 saturated carbocycles. The molecule has 1 rings (SSSR count). The lowest BCUT2D eigenvalue weighted by Gasteiger charge is -2.15. The fourth-order valence-corrected chi connectivity index (χ4v) is 2.28. The Hall–Kier alpha value is -1.64. The lowest BCUT2D eigenvalue weighted by Crippen LogP contribution is -2.35. The molecule has 0 radical (unpaired) electrons. The van der Waals surface area contributed by atoms with Crippen LogP contribution in [0.25, 0.3) is 0 Å². The van der Waals surface area contributed by atoms with Crippen LogP contribution in [0.15, 0.2) is 23.1 Å². The summed E-state index contributed by atoms with van der Waals surface area (Å²) in [6.45, 7) is 2.00. The van der Waals surface area contributed by atoms with Crippen LogP contribution < -0.4 is 20.9 Å². The number of nitrogens with one attached hydrogen (secondary N) is 1. The van der Waals surface area contributed by atoms with Crippen LogP contribution in [-0.2, 0) is 14.8 Å². The quantitative estimate of drug-likeness (QED) is 0.686. The zero-order valence-electron chi connectivity index (χ0n) is 12.1. The number of methoxy groups -OCH3 is 1. The van der Waals surface area contributed by atoms with E-state index in [1.165, 1.54) is 25.3 Å². The summed E-state index contributed by atoms with van der Waals surface area (Å²) in [5.41, 5.74) is 5.99. The maximum atomic E-state index is 12.0. The van der Waals surface area contributed by atoms with Crippen LogP contribution in [-0.4, -0.2) is 27.5 Å². The standard InChI is InChI=1S/C13H21N3O4S/c1-3-4-5-10(14)13(17)16-11-8-9(21(15,18)19)6-7-12(11)20-2/h6-8,10H,3-5,14H2,1-2H3,(H,16,17)(H2,15,18,19). The topological polar surface area (TPSA) is 125 Å². The van der Waals surface area contributed by atoms with Gasteiger partial charge in [0.25, 0.3) is 0 Å². The van der Waals surface area contributed by atoms with Gasteiger partial charge in [-0.1, -0.05) is 19.8 Å². The minimum Gasteiger partial charge on any atom is -0.495 e. The Morgan fingerprint density at radius 3 is 2.62 bits per heavy atom. The van der Waals surface area contributed by atoms with E-state index < -0.39 is 22.0 Å². The first-order valence-corrected chi connectivity index (χ1v) is 8.11. The van der Waals surface area contributed by atoms with Gasteiger partial charge >= 0.3 is 0 Å². The summed E-state index contributed by atoms with van der Waals surface area (Å²) in [4.78, 5) is 11.9. The number of ether oxygens (including phenoxy) is 1. The van der Waals surface area contributed by atoms with Gasteiger partial charge < -0.3 is 15.8 Å². The van der Waals surface area contributed by atoms with Crippen LogP contribution in [0.1, 0.15) is 26.2 Å². The summed E-state index contributed by atoms with van der Waals surface area (Å²) in [5.74, 6) is -0.0632. The van der Waals surface area contributed by atoms with Crippen LogP contribution in [0.4, 0.5) is 5.69 Å². The first-order chi connectivity index (χ1) is 9.79. The van der Waals surface area contributed by atoms with Crippen LogP contribution in [0.5, 0.6) is 5.75 Å². The van der Waals surface area contributed by atoms with E-state index in [4.69, 9.17) is 15.6 Å². The molecule has 0 aliphatic rings. The molecule has 1 amide bonds. The largest absolute Gasteiger partial charge is 0.495 e. The average Bonchev–Trinajstić information content (AvgIpc) is 2.43. The van der Waals surface area contributed by atoms with Gasteiger partial charge in [0.1, 0.15) is 5.75 Å². The molecule has 1 atom stereocenters. The number of hydrogen-bond donors (Lipinski definition) is 3. The van der Waals surface area contributed by atoms with Gasteiger partial charge in [0.2, 0.25) is 15.9 Å². The van der Waals surface area contributed by atoms with E-state index in [1.54, 1.807) is 0 Å². The normalized spacial score (nSPS) is 12.8. The number of rotatable bonds is 7. The second-order valence-electron chi connectivity index (χ2n) is 4.65. The van der Waals surface area contributed by atoms with Gasteiger partial charge in [-0.25, -0.2) is 13.6 Å². The first-order valence-electron chi connectivity index (χ1n) is 6.57. The Balaban J connectivity index is 2.98. The SMILES string of the molecule is CCCCC(N)C(=O)Nc1cc(S(N)(=O)=O)ccc1OC. The summed E-state index contributed by atoms with van der Waals surface area (Å²) in [5, 5.41) is 7.64. The van der Waals surface area contributed by atoms with Crippen molar-refractivity contribution in [2.45, 2.75) is 37.1 Å². The van der Waals surface area contributed by atoms with E-state index >= 15 is 0 Å². The molecule has 0 spiro atoms. The maximum Gasteiger partial charge on any atom is 0.241 e. The van der Waals surface area contributed by atoms with Crippen molar-refractivity contribution in [3.8, 4) is 5.75 Å². The van der Waals surface area contributed by atoms with E-state index in [-0.39, 0.29) is 10.6 Å². The number of amides is 1. The van der Waals surface area contributed by atoms with Gasteiger partial charge in [-0.3, -0.25) is 4.79 Å². The van der Waals surface area contributed by atoms with Gasteiger partial charge in [-0.15, -0.1) is 0 Å². The molecule has 0 fully saturated rings. The van der Waals surface area contributed by atoms with E-state index in [2.05, 4.69) is 5.32 Å². The van der Waals surface area contributed by atoms with E-state index in [1.807, 2.05) is 6.92 Å². The molecule has 0 aliphatic heterocycles. The summed E-state index contributed by atoms with van der Waals surface area (Å²) in [6, 6.07) is 3.32. The number of nitrogens with two attached hydrogens (primary N) is 2. The van der Waals surface area contributed by atoms with Crippen LogP contribution in [0.3, 0.4) is 0 Å². The van der Waals surface area contributed by atoms with Crippen molar-refractivity contribution >= 4 is 21.6 Å². The summed E-state index contributed by atoms with van der Waals surface area (Å²) >= 11 is 0. The minimum atomic E-state index is -3.86. The highest BCUT2D eigenvalue weighted by Crippen LogP contribution is 2.27. The molecule has 8 heteroatoms. The molecule has 21 heavy (non-hydrogen) atoms. The second kappa shape index (κ2) is 7.39. The van der Waals surface area contributed by atoms with E-state index in [9.17, 15) is 13.2 Å². The zero-order chi connectivity index (χ0) is 16.0. The molecule has 5 N–H and O–H groups in total. The lowest BCUT2D eigenvalue weighted by molar-refractivity contribution is -0.117. The van der Waals surface area contributed by atoms with Crippen LogP contribution in [0, 0.1) is 0 Å². The predicted molar refractivity (Wildman–Crippen MR) is 80.5 cm³/mol. The van der Waals surface area contributed by atoms with Crippen molar-refractivity contribution in [2.75, 3.05) is 12.4 Å². The van der Waals surface area contributed by atoms with Crippen molar-refractivity contribution in [3.05, 3.63) is 18.2 Å². The summed E-state index contributed by atoms with van der Waals surface area (Å²) < 4.78 is 27.8. The van der Waals surface area contributed by atoms with Crippen LogP contribution in [0.2, 0.25) is 0 Å².